The van der Waals surface area contributed by atoms with Gasteiger partial charge in [-0.3, -0.25) is 14.7 Å². The van der Waals surface area contributed by atoms with E-state index < -0.39 is 0 Å². The molecule has 3 rings (SSSR count). The number of rotatable bonds is 5. The number of esters is 1. The highest BCUT2D eigenvalue weighted by Gasteiger charge is 2.26. The third-order valence-corrected chi connectivity index (χ3v) is 6.16. The molecule has 1 aromatic carbocycles. The molecule has 1 atom stereocenters. The second-order valence-electron chi connectivity index (χ2n) is 8.48. The highest BCUT2D eigenvalue weighted by molar-refractivity contribution is 5.80. The number of guanidine groups is 1. The molecule has 160 valence electrons. The first-order chi connectivity index (χ1) is 14.1. The summed E-state index contributed by atoms with van der Waals surface area (Å²) in [5.74, 6) is 1.65. The number of carbonyl (C=O) groups excluding carboxylic acids is 1. The van der Waals surface area contributed by atoms with Crippen LogP contribution in [0, 0.1) is 11.8 Å². The van der Waals surface area contributed by atoms with Gasteiger partial charge in [0.2, 0.25) is 0 Å². The van der Waals surface area contributed by atoms with Gasteiger partial charge < -0.3 is 15.0 Å². The lowest BCUT2D eigenvalue weighted by Crippen LogP contribution is -2.46. The molecular weight excluding hydrogens is 364 g/mol. The number of hydrogen-bond donors (Lipinski definition) is 1. The molecule has 0 spiro atoms. The molecule has 0 bridgehead atoms. The van der Waals surface area contributed by atoms with Crippen molar-refractivity contribution in [3.63, 3.8) is 0 Å². The van der Waals surface area contributed by atoms with Crippen LogP contribution in [-0.2, 0) is 22.6 Å². The Morgan fingerprint density at radius 2 is 1.83 bits per heavy atom. The molecule has 2 heterocycles. The largest absolute Gasteiger partial charge is 0.469 e. The summed E-state index contributed by atoms with van der Waals surface area (Å²) in [5, 5.41) is 3.47. The Kier molecular flexibility index (Phi) is 7.92. The van der Waals surface area contributed by atoms with E-state index in [0.29, 0.717) is 0 Å². The van der Waals surface area contributed by atoms with Crippen LogP contribution in [0.25, 0.3) is 0 Å². The molecule has 29 heavy (non-hydrogen) atoms. The van der Waals surface area contributed by atoms with Gasteiger partial charge in [-0.15, -0.1) is 0 Å². The fourth-order valence-electron chi connectivity index (χ4n) is 4.46. The lowest BCUT2D eigenvalue weighted by Gasteiger charge is -2.33. The van der Waals surface area contributed by atoms with E-state index in [4.69, 9.17) is 4.74 Å². The van der Waals surface area contributed by atoms with Crippen LogP contribution in [0.4, 0.5) is 0 Å². The molecule has 0 saturated carbocycles. The molecule has 6 heteroatoms. The van der Waals surface area contributed by atoms with Crippen LogP contribution in [0.2, 0.25) is 0 Å². The van der Waals surface area contributed by atoms with E-state index in [1.165, 1.54) is 44.2 Å². The van der Waals surface area contributed by atoms with Crippen molar-refractivity contribution >= 4 is 11.9 Å². The van der Waals surface area contributed by atoms with Crippen LogP contribution >= 0.6 is 0 Å². The van der Waals surface area contributed by atoms with Crippen molar-refractivity contribution in [1.29, 1.82) is 0 Å². The summed E-state index contributed by atoms with van der Waals surface area (Å²) in [6.45, 7) is 8.24. The van der Waals surface area contributed by atoms with E-state index in [-0.39, 0.29) is 11.9 Å². The van der Waals surface area contributed by atoms with E-state index in [9.17, 15) is 4.79 Å². The Bertz CT molecular complexity index is 681. The molecule has 0 radical (unpaired) electrons. The van der Waals surface area contributed by atoms with Gasteiger partial charge in [-0.05, 0) is 49.3 Å². The molecule has 2 fully saturated rings. The van der Waals surface area contributed by atoms with Crippen molar-refractivity contribution in [2.45, 2.75) is 45.7 Å². The number of hydrogen-bond acceptors (Lipinski definition) is 4. The minimum absolute atomic E-state index is 0.0183. The number of ether oxygens (including phenoxy) is 1. The van der Waals surface area contributed by atoms with Crippen LogP contribution in [0.1, 0.15) is 43.7 Å². The first-order valence-corrected chi connectivity index (χ1v) is 10.9. The van der Waals surface area contributed by atoms with Gasteiger partial charge in [0.25, 0.3) is 0 Å². The number of likely N-dealkylation sites (tertiary alicyclic amines) is 2. The minimum atomic E-state index is -0.0910. The molecule has 1 unspecified atom stereocenters. The molecule has 2 aliphatic heterocycles. The van der Waals surface area contributed by atoms with Crippen molar-refractivity contribution in [1.82, 2.24) is 15.1 Å². The zero-order valence-electron chi connectivity index (χ0n) is 18.2. The second kappa shape index (κ2) is 10.6. The number of aliphatic imine (C=N–C) groups is 1. The number of methoxy groups -OCH3 is 1. The maximum absolute atomic E-state index is 11.7. The van der Waals surface area contributed by atoms with Crippen LogP contribution < -0.4 is 5.32 Å². The summed E-state index contributed by atoms with van der Waals surface area (Å²) in [7, 11) is 3.28. The summed E-state index contributed by atoms with van der Waals surface area (Å²) in [6.07, 6.45) is 4.32. The number of nitrogens with zero attached hydrogens (tertiary/aromatic N) is 3. The van der Waals surface area contributed by atoms with Gasteiger partial charge in [0.05, 0.1) is 13.0 Å². The maximum atomic E-state index is 11.7. The Morgan fingerprint density at radius 1 is 1.14 bits per heavy atom. The third kappa shape index (κ3) is 6.20. The highest BCUT2D eigenvalue weighted by atomic mass is 16.5. The van der Waals surface area contributed by atoms with Gasteiger partial charge in [0.15, 0.2) is 5.96 Å². The monoisotopic (exact) mass is 400 g/mol. The lowest BCUT2D eigenvalue weighted by molar-refractivity contribution is -0.146. The minimum Gasteiger partial charge on any atom is -0.469 e. The van der Waals surface area contributed by atoms with E-state index >= 15 is 0 Å². The average Bonchev–Trinajstić information content (AvgIpc) is 2.75. The molecule has 0 aliphatic carbocycles. The number of carbonyl (C=O) groups is 1. The van der Waals surface area contributed by atoms with E-state index in [1.54, 1.807) is 0 Å². The maximum Gasteiger partial charge on any atom is 0.308 e. The van der Waals surface area contributed by atoms with Crippen molar-refractivity contribution in [3.8, 4) is 0 Å². The average molecular weight is 401 g/mol. The summed E-state index contributed by atoms with van der Waals surface area (Å²) in [6, 6.07) is 8.93. The second-order valence-corrected chi connectivity index (χ2v) is 8.48. The lowest BCUT2D eigenvalue weighted by atomic mass is 9.97. The van der Waals surface area contributed by atoms with E-state index in [2.05, 4.69) is 51.3 Å². The molecule has 2 saturated heterocycles. The van der Waals surface area contributed by atoms with Crippen LogP contribution in [0.5, 0.6) is 0 Å². The van der Waals surface area contributed by atoms with Gasteiger partial charge in [-0.2, -0.15) is 0 Å². The van der Waals surface area contributed by atoms with Gasteiger partial charge in [-0.1, -0.05) is 31.2 Å². The van der Waals surface area contributed by atoms with Gasteiger partial charge in [0.1, 0.15) is 0 Å². The fraction of sp³-hybridized carbons (Fsp3) is 0.652. The summed E-state index contributed by atoms with van der Waals surface area (Å²) in [5.41, 5.74) is 2.64. The number of nitrogens with one attached hydrogen (secondary N) is 1. The Hall–Kier alpha value is -2.08. The van der Waals surface area contributed by atoms with Crippen molar-refractivity contribution < 1.29 is 9.53 Å². The predicted octanol–water partition coefficient (Wildman–Crippen LogP) is 2.88. The first kappa shape index (κ1) is 21.6. The van der Waals surface area contributed by atoms with Gasteiger partial charge in [0, 0.05) is 39.8 Å². The van der Waals surface area contributed by atoms with Gasteiger partial charge in [-0.25, -0.2) is 0 Å². The Balaban J connectivity index is 1.45. The topological polar surface area (TPSA) is 57.2 Å². The Labute approximate surface area is 175 Å². The molecule has 2 aliphatic rings. The smallest absolute Gasteiger partial charge is 0.308 e. The van der Waals surface area contributed by atoms with Crippen molar-refractivity contribution in [2.75, 3.05) is 40.3 Å². The molecule has 6 nitrogen and oxygen atoms in total. The number of benzene rings is 1. The van der Waals surface area contributed by atoms with E-state index in [1.807, 2.05) is 7.05 Å². The standard InChI is InChI=1S/C23H36N4O2/c1-18-5-4-12-26(16-18)17-20-8-6-19(7-9-20)15-25-23(24-2)27-13-10-21(11-14-27)22(28)29-3/h6-9,18,21H,4-5,10-17H2,1-3H3,(H,24,25). The summed E-state index contributed by atoms with van der Waals surface area (Å²) in [4.78, 5) is 20.9. The van der Waals surface area contributed by atoms with E-state index in [0.717, 1.165) is 50.9 Å². The first-order valence-electron chi connectivity index (χ1n) is 10.9. The molecule has 1 aromatic rings. The van der Waals surface area contributed by atoms with Crippen LogP contribution in [0.3, 0.4) is 0 Å². The van der Waals surface area contributed by atoms with Crippen molar-refractivity contribution in [2.24, 2.45) is 16.8 Å². The zero-order chi connectivity index (χ0) is 20.6. The Morgan fingerprint density at radius 3 is 2.45 bits per heavy atom. The molecular formula is C23H36N4O2. The van der Waals surface area contributed by atoms with Gasteiger partial charge >= 0.3 is 5.97 Å². The van der Waals surface area contributed by atoms with Crippen molar-refractivity contribution in [3.05, 3.63) is 35.4 Å². The fourth-order valence-corrected chi connectivity index (χ4v) is 4.46. The van der Waals surface area contributed by atoms with Crippen LogP contribution in [0.15, 0.2) is 29.3 Å². The quantitative estimate of drug-likeness (QED) is 0.468. The SMILES string of the molecule is CN=C(NCc1ccc(CN2CCCC(C)C2)cc1)N1CCC(C(=O)OC)CC1. The summed E-state index contributed by atoms with van der Waals surface area (Å²) < 4.78 is 4.87. The molecule has 0 amide bonds. The summed E-state index contributed by atoms with van der Waals surface area (Å²) >= 11 is 0. The third-order valence-electron chi connectivity index (χ3n) is 6.16. The molecule has 1 N–H and O–H groups in total. The normalized spacial score (nSPS) is 21.8. The molecule has 0 aromatic heterocycles. The zero-order valence-corrected chi connectivity index (χ0v) is 18.2. The number of piperidine rings is 2. The highest BCUT2D eigenvalue weighted by Crippen LogP contribution is 2.19. The van der Waals surface area contributed by atoms with Crippen LogP contribution in [-0.4, -0.2) is 62.1 Å². The predicted molar refractivity (Wildman–Crippen MR) is 117 cm³/mol.